The number of benzene rings is 1. The summed E-state index contributed by atoms with van der Waals surface area (Å²) in [6.07, 6.45) is 1.97. The van der Waals surface area contributed by atoms with Crippen molar-refractivity contribution in [2.75, 3.05) is 11.7 Å². The van der Waals surface area contributed by atoms with Gasteiger partial charge in [-0.2, -0.15) is 4.83 Å². The van der Waals surface area contributed by atoms with Crippen molar-refractivity contribution in [2.24, 2.45) is 0 Å². The van der Waals surface area contributed by atoms with Crippen LogP contribution in [0.1, 0.15) is 0 Å². The zero-order valence-corrected chi connectivity index (χ0v) is 8.71. The van der Waals surface area contributed by atoms with Gasteiger partial charge in [0.2, 0.25) is 0 Å². The third-order valence-corrected chi connectivity index (χ3v) is 2.73. The maximum absolute atomic E-state index is 4.21. The molecule has 0 amide bonds. The van der Waals surface area contributed by atoms with Gasteiger partial charge >= 0.3 is 0 Å². The number of hydrogen-bond acceptors (Lipinski definition) is 5. The number of thiazole rings is 1. The average Bonchev–Trinajstić information content (AvgIpc) is 2.61. The fraction of sp³-hybridized carbons (Fsp3) is 0.125. The largest absolute Gasteiger partial charge is 0.312 e. The lowest BCUT2D eigenvalue weighted by atomic mass is 10.3. The van der Waals surface area contributed by atoms with Gasteiger partial charge in [0.15, 0.2) is 0 Å². The summed E-state index contributed by atoms with van der Waals surface area (Å²) in [6, 6.07) is 6.09. The molecule has 0 saturated carbocycles. The third-order valence-electron chi connectivity index (χ3n) is 1.63. The lowest BCUT2D eigenvalue weighted by Crippen LogP contribution is -2.11. The minimum atomic E-state index is 1.06. The summed E-state index contributed by atoms with van der Waals surface area (Å²) >= 11 is 3.18. The molecule has 1 aromatic carbocycles. The number of fused-ring (bicyclic) bond motifs is 1. The van der Waals surface area contributed by atoms with E-state index in [1.54, 1.807) is 11.3 Å². The minimum absolute atomic E-state index is 1.06. The van der Waals surface area contributed by atoms with Gasteiger partial charge in [-0.15, -0.1) is 11.3 Å². The van der Waals surface area contributed by atoms with E-state index in [-0.39, 0.29) is 0 Å². The topological polar surface area (TPSA) is 37.0 Å². The van der Waals surface area contributed by atoms with Crippen LogP contribution >= 0.6 is 23.3 Å². The third kappa shape index (κ3) is 1.93. The molecule has 5 heteroatoms. The van der Waals surface area contributed by atoms with Crippen LogP contribution < -0.4 is 10.3 Å². The highest BCUT2D eigenvalue weighted by Gasteiger charge is 1.97. The van der Waals surface area contributed by atoms with Gasteiger partial charge in [0.05, 0.1) is 21.4 Å². The predicted molar refractivity (Wildman–Crippen MR) is 59.9 cm³/mol. The fourth-order valence-corrected chi connectivity index (χ4v) is 1.98. The number of nitrogens with zero attached hydrogens (tertiary/aromatic N) is 1. The van der Waals surface area contributed by atoms with E-state index in [0.717, 1.165) is 11.2 Å². The lowest BCUT2D eigenvalue weighted by Gasteiger charge is -2.04. The minimum Gasteiger partial charge on any atom is -0.312 e. The number of nitrogens with one attached hydrogen (secondary N) is 2. The molecule has 0 atom stereocenters. The van der Waals surface area contributed by atoms with Crippen LogP contribution in [0.2, 0.25) is 0 Å². The number of rotatable bonds is 3. The maximum Gasteiger partial charge on any atom is 0.0813 e. The van der Waals surface area contributed by atoms with E-state index in [0.29, 0.717) is 0 Å². The van der Waals surface area contributed by atoms with E-state index in [1.807, 2.05) is 23.9 Å². The molecule has 0 aliphatic carbocycles. The zero-order chi connectivity index (χ0) is 9.10. The van der Waals surface area contributed by atoms with E-state index < -0.39 is 0 Å². The van der Waals surface area contributed by atoms with E-state index >= 15 is 0 Å². The molecule has 0 aliphatic rings. The Kier molecular flexibility index (Phi) is 2.68. The van der Waals surface area contributed by atoms with Gasteiger partial charge in [0.1, 0.15) is 0 Å². The van der Waals surface area contributed by atoms with Gasteiger partial charge in [-0.05, 0) is 24.5 Å². The molecule has 2 N–H and O–H groups in total. The molecule has 0 saturated heterocycles. The van der Waals surface area contributed by atoms with Crippen LogP contribution in [-0.2, 0) is 0 Å². The van der Waals surface area contributed by atoms with Crippen LogP contribution in [0.4, 0.5) is 5.69 Å². The Hall–Kier alpha value is -0.780. The summed E-state index contributed by atoms with van der Waals surface area (Å²) in [4.78, 5) is 7.18. The van der Waals surface area contributed by atoms with Crippen molar-refractivity contribution < 1.29 is 0 Å². The van der Waals surface area contributed by atoms with Crippen molar-refractivity contribution in [3.63, 3.8) is 0 Å². The molecule has 2 aromatic rings. The molecule has 13 heavy (non-hydrogen) atoms. The van der Waals surface area contributed by atoms with Gasteiger partial charge in [-0.1, -0.05) is 11.9 Å². The molecule has 0 aliphatic heterocycles. The van der Waals surface area contributed by atoms with Crippen molar-refractivity contribution >= 4 is 39.2 Å². The summed E-state index contributed by atoms with van der Waals surface area (Å²) in [6.45, 7) is 0. The van der Waals surface area contributed by atoms with Crippen molar-refractivity contribution in [3.8, 4) is 0 Å². The molecule has 1 aromatic heterocycles. The Labute approximate surface area is 84.7 Å². The molecule has 0 radical (unpaired) electrons. The summed E-state index contributed by atoms with van der Waals surface area (Å²) in [5.74, 6) is 0. The molecule has 68 valence electrons. The van der Waals surface area contributed by atoms with Gasteiger partial charge in [-0.25, -0.2) is 4.98 Å². The normalized spacial score (nSPS) is 10.5. The molecular weight excluding hydrogens is 202 g/mol. The Morgan fingerprint density at radius 2 is 2.38 bits per heavy atom. The molecule has 0 bridgehead atoms. The molecule has 0 unspecified atom stereocenters. The Bertz CT molecular complexity index is 399. The quantitative estimate of drug-likeness (QED) is 0.604. The molecule has 0 fully saturated rings. The molecule has 2 rings (SSSR count). The first-order valence-corrected chi connectivity index (χ1v) is 5.88. The van der Waals surface area contributed by atoms with Gasteiger partial charge in [0, 0.05) is 0 Å². The van der Waals surface area contributed by atoms with Gasteiger partial charge < -0.3 is 5.43 Å². The maximum atomic E-state index is 4.21. The number of hydrogen-bond donors (Lipinski definition) is 2. The highest BCUT2D eigenvalue weighted by atomic mass is 32.2. The summed E-state index contributed by atoms with van der Waals surface area (Å²) < 4.78 is 1.20. The number of hydrazine groups is 1. The van der Waals surface area contributed by atoms with Crippen LogP contribution in [0.15, 0.2) is 23.7 Å². The van der Waals surface area contributed by atoms with Crippen LogP contribution in [0.3, 0.4) is 0 Å². The van der Waals surface area contributed by atoms with Crippen molar-refractivity contribution in [2.45, 2.75) is 0 Å². The molecular formula is C8H9N3S2. The molecule has 0 spiro atoms. The Morgan fingerprint density at radius 3 is 3.23 bits per heavy atom. The standard InChI is InChI=1S/C8H9N3S2/c1-12-11-10-6-2-3-7-8(4-6)13-5-9-7/h2-5,10-11H,1H3. The summed E-state index contributed by atoms with van der Waals surface area (Å²) in [5.41, 5.74) is 7.04. The Balaban J connectivity index is 2.26. The number of aromatic nitrogens is 1. The second-order valence-electron chi connectivity index (χ2n) is 2.47. The second kappa shape index (κ2) is 3.95. The van der Waals surface area contributed by atoms with E-state index in [2.05, 4.69) is 21.3 Å². The van der Waals surface area contributed by atoms with Crippen molar-refractivity contribution in [1.82, 2.24) is 9.82 Å². The van der Waals surface area contributed by atoms with Crippen molar-refractivity contribution in [3.05, 3.63) is 23.7 Å². The zero-order valence-electron chi connectivity index (χ0n) is 7.07. The van der Waals surface area contributed by atoms with Crippen LogP contribution in [0, 0.1) is 0 Å². The monoisotopic (exact) mass is 211 g/mol. The summed E-state index contributed by atoms with van der Waals surface area (Å²) in [7, 11) is 0. The molecule has 1 heterocycles. The van der Waals surface area contributed by atoms with Crippen molar-refractivity contribution in [1.29, 1.82) is 0 Å². The van der Waals surface area contributed by atoms with E-state index in [1.165, 1.54) is 16.6 Å². The first-order valence-electron chi connectivity index (χ1n) is 3.77. The fourth-order valence-electron chi connectivity index (χ4n) is 1.04. The molecule has 3 nitrogen and oxygen atoms in total. The average molecular weight is 211 g/mol. The predicted octanol–water partition coefficient (Wildman–Crippen LogP) is 2.49. The second-order valence-corrected chi connectivity index (χ2v) is 3.96. The van der Waals surface area contributed by atoms with Crippen LogP contribution in [0.5, 0.6) is 0 Å². The number of anilines is 1. The first kappa shape index (κ1) is 8.80. The highest BCUT2D eigenvalue weighted by Crippen LogP contribution is 2.21. The van der Waals surface area contributed by atoms with Crippen LogP contribution in [0.25, 0.3) is 10.2 Å². The smallest absolute Gasteiger partial charge is 0.0813 e. The van der Waals surface area contributed by atoms with Gasteiger partial charge in [-0.3, -0.25) is 0 Å². The lowest BCUT2D eigenvalue weighted by molar-refractivity contribution is 1.23. The summed E-state index contributed by atoms with van der Waals surface area (Å²) in [5, 5.41) is 0. The van der Waals surface area contributed by atoms with E-state index in [4.69, 9.17) is 0 Å². The van der Waals surface area contributed by atoms with Gasteiger partial charge in [0.25, 0.3) is 0 Å². The Morgan fingerprint density at radius 1 is 1.46 bits per heavy atom. The van der Waals surface area contributed by atoms with Crippen LogP contribution in [-0.4, -0.2) is 11.2 Å². The van der Waals surface area contributed by atoms with E-state index in [9.17, 15) is 0 Å². The highest BCUT2D eigenvalue weighted by molar-refractivity contribution is 7.96. The SMILES string of the molecule is CSNNc1ccc2ncsc2c1. The first-order chi connectivity index (χ1) is 6.40.